The summed E-state index contributed by atoms with van der Waals surface area (Å²) in [7, 11) is 0. The molecule has 0 aliphatic carbocycles. The standard InChI is InChI=1S/C20H19N3O2S2/c1-12-5-3-6-16(13(12)2)22-19(25)11-27-20-15(10-21)14(9-18(24)23-20)17-7-4-8-26-17/h3-8,14H,9,11H2,1-2H3,(H,22,25)(H,23,24)/t14-/m0/s1. The molecule has 2 heterocycles. The molecule has 0 saturated heterocycles. The Morgan fingerprint density at radius 3 is 2.89 bits per heavy atom. The van der Waals surface area contributed by atoms with Gasteiger partial charge in [-0.05, 0) is 42.5 Å². The molecular weight excluding hydrogens is 378 g/mol. The van der Waals surface area contributed by atoms with Crippen molar-refractivity contribution in [2.75, 3.05) is 11.1 Å². The van der Waals surface area contributed by atoms with Crippen LogP contribution in [0.5, 0.6) is 0 Å². The zero-order valence-electron chi connectivity index (χ0n) is 15.0. The zero-order valence-corrected chi connectivity index (χ0v) is 16.7. The summed E-state index contributed by atoms with van der Waals surface area (Å²) in [6.07, 6.45) is 0.252. The van der Waals surface area contributed by atoms with Gasteiger partial charge in [0.05, 0.1) is 22.4 Å². The van der Waals surface area contributed by atoms with Crippen LogP contribution >= 0.6 is 23.1 Å². The maximum absolute atomic E-state index is 12.4. The lowest BCUT2D eigenvalue weighted by Crippen LogP contribution is -2.31. The fourth-order valence-electron chi connectivity index (χ4n) is 2.88. The van der Waals surface area contributed by atoms with E-state index >= 15 is 0 Å². The molecule has 27 heavy (non-hydrogen) atoms. The number of thioether (sulfide) groups is 1. The van der Waals surface area contributed by atoms with Crippen molar-refractivity contribution in [3.05, 3.63) is 62.3 Å². The second-order valence-electron chi connectivity index (χ2n) is 6.26. The minimum Gasteiger partial charge on any atom is -0.325 e. The van der Waals surface area contributed by atoms with E-state index in [1.807, 2.05) is 49.6 Å². The molecule has 0 bridgehead atoms. The number of thiophene rings is 1. The summed E-state index contributed by atoms with van der Waals surface area (Å²) in [5, 5.41) is 17.7. The molecule has 138 valence electrons. The maximum Gasteiger partial charge on any atom is 0.234 e. The minimum absolute atomic E-state index is 0.116. The zero-order chi connectivity index (χ0) is 19.4. The summed E-state index contributed by atoms with van der Waals surface area (Å²) < 4.78 is 0. The first-order chi connectivity index (χ1) is 13.0. The molecule has 3 rings (SSSR count). The molecule has 5 nitrogen and oxygen atoms in total. The van der Waals surface area contributed by atoms with Gasteiger partial charge in [0.25, 0.3) is 0 Å². The lowest BCUT2D eigenvalue weighted by molar-refractivity contribution is -0.121. The Labute approximate surface area is 166 Å². The molecule has 7 heteroatoms. The third kappa shape index (κ3) is 4.41. The monoisotopic (exact) mass is 397 g/mol. The van der Waals surface area contributed by atoms with Crippen molar-refractivity contribution in [1.82, 2.24) is 5.32 Å². The van der Waals surface area contributed by atoms with Crippen LogP contribution in [-0.2, 0) is 9.59 Å². The summed E-state index contributed by atoms with van der Waals surface area (Å²) in [6.45, 7) is 3.95. The van der Waals surface area contributed by atoms with Gasteiger partial charge < -0.3 is 10.6 Å². The number of nitrogens with one attached hydrogen (secondary N) is 2. The highest BCUT2D eigenvalue weighted by Crippen LogP contribution is 2.37. The molecular formula is C20H19N3O2S2. The highest BCUT2D eigenvalue weighted by Gasteiger charge is 2.30. The van der Waals surface area contributed by atoms with Crippen LogP contribution in [0.1, 0.15) is 28.3 Å². The summed E-state index contributed by atoms with van der Waals surface area (Å²) in [6, 6.07) is 11.8. The van der Waals surface area contributed by atoms with Crippen molar-refractivity contribution >= 4 is 40.6 Å². The number of amides is 2. The molecule has 1 aromatic carbocycles. The van der Waals surface area contributed by atoms with Gasteiger partial charge in [0.1, 0.15) is 0 Å². The first-order valence-electron chi connectivity index (χ1n) is 8.46. The molecule has 2 aromatic rings. The second-order valence-corrected chi connectivity index (χ2v) is 8.22. The topological polar surface area (TPSA) is 82.0 Å². The van der Waals surface area contributed by atoms with E-state index in [1.54, 1.807) is 0 Å². The lowest BCUT2D eigenvalue weighted by Gasteiger charge is -2.23. The van der Waals surface area contributed by atoms with Crippen LogP contribution in [0, 0.1) is 25.2 Å². The van der Waals surface area contributed by atoms with Gasteiger partial charge in [-0.25, -0.2) is 0 Å². The highest BCUT2D eigenvalue weighted by atomic mass is 32.2. The Kier molecular flexibility index (Phi) is 5.99. The Hall–Kier alpha value is -2.56. The molecule has 1 atom stereocenters. The molecule has 2 N–H and O–H groups in total. The number of nitriles is 1. The number of allylic oxidation sites excluding steroid dienone is 1. The third-order valence-electron chi connectivity index (χ3n) is 4.47. The van der Waals surface area contributed by atoms with Crippen molar-refractivity contribution in [3.8, 4) is 6.07 Å². The van der Waals surface area contributed by atoms with Crippen LogP contribution in [0.15, 0.2) is 46.3 Å². The van der Waals surface area contributed by atoms with Crippen molar-refractivity contribution in [1.29, 1.82) is 5.26 Å². The van der Waals surface area contributed by atoms with Crippen molar-refractivity contribution in [3.63, 3.8) is 0 Å². The molecule has 0 spiro atoms. The van der Waals surface area contributed by atoms with Crippen LogP contribution in [0.3, 0.4) is 0 Å². The molecule has 2 amide bonds. The molecule has 1 aromatic heterocycles. The van der Waals surface area contributed by atoms with Gasteiger partial charge >= 0.3 is 0 Å². The van der Waals surface area contributed by atoms with Gasteiger partial charge in [0, 0.05) is 22.9 Å². The molecule has 0 unspecified atom stereocenters. The van der Waals surface area contributed by atoms with Gasteiger partial charge in [-0.15, -0.1) is 11.3 Å². The minimum atomic E-state index is -0.242. The van der Waals surface area contributed by atoms with Gasteiger partial charge in [0.2, 0.25) is 11.8 Å². The summed E-state index contributed by atoms with van der Waals surface area (Å²) in [5.74, 6) is -0.435. The molecule has 0 fully saturated rings. The van der Waals surface area contributed by atoms with Crippen LogP contribution in [-0.4, -0.2) is 17.6 Å². The smallest absolute Gasteiger partial charge is 0.234 e. The van der Waals surface area contributed by atoms with E-state index in [4.69, 9.17) is 0 Å². The van der Waals surface area contributed by atoms with E-state index in [2.05, 4.69) is 16.7 Å². The van der Waals surface area contributed by atoms with Crippen LogP contribution in [0.25, 0.3) is 0 Å². The fraction of sp³-hybridized carbons (Fsp3) is 0.250. The Balaban J connectivity index is 1.73. The quantitative estimate of drug-likeness (QED) is 0.797. The maximum atomic E-state index is 12.4. The van der Waals surface area contributed by atoms with Gasteiger partial charge in [-0.3, -0.25) is 9.59 Å². The predicted octanol–water partition coefficient (Wildman–Crippen LogP) is 4.08. The predicted molar refractivity (Wildman–Crippen MR) is 109 cm³/mol. The van der Waals surface area contributed by atoms with E-state index in [0.29, 0.717) is 10.6 Å². The number of anilines is 1. The number of nitrogens with zero attached hydrogens (tertiary/aromatic N) is 1. The number of rotatable bonds is 5. The largest absolute Gasteiger partial charge is 0.325 e. The molecule has 1 aliphatic rings. The summed E-state index contributed by atoms with van der Waals surface area (Å²) >= 11 is 2.72. The molecule has 0 saturated carbocycles. The van der Waals surface area contributed by atoms with E-state index < -0.39 is 0 Å². The summed E-state index contributed by atoms with van der Waals surface area (Å²) in [4.78, 5) is 25.4. The van der Waals surface area contributed by atoms with Crippen LogP contribution in [0.4, 0.5) is 5.69 Å². The average Bonchev–Trinajstić information content (AvgIpc) is 3.18. The first kappa shape index (κ1) is 19.2. The van der Waals surface area contributed by atoms with Gasteiger partial charge in [0.15, 0.2) is 0 Å². The molecule has 1 aliphatic heterocycles. The van der Waals surface area contributed by atoms with E-state index in [-0.39, 0.29) is 29.9 Å². The van der Waals surface area contributed by atoms with Crippen LogP contribution in [0.2, 0.25) is 0 Å². The van der Waals surface area contributed by atoms with Crippen LogP contribution < -0.4 is 10.6 Å². The highest BCUT2D eigenvalue weighted by molar-refractivity contribution is 8.03. The van der Waals surface area contributed by atoms with E-state index in [0.717, 1.165) is 21.7 Å². The number of carbonyl (C=O) groups is 2. The van der Waals surface area contributed by atoms with Gasteiger partial charge in [-0.2, -0.15) is 5.26 Å². The average molecular weight is 398 g/mol. The number of hydrogen-bond donors (Lipinski definition) is 2. The van der Waals surface area contributed by atoms with Gasteiger partial charge in [-0.1, -0.05) is 30.0 Å². The first-order valence-corrected chi connectivity index (χ1v) is 10.3. The second kappa shape index (κ2) is 8.42. The van der Waals surface area contributed by atoms with Crippen molar-refractivity contribution < 1.29 is 9.59 Å². The lowest BCUT2D eigenvalue weighted by atomic mass is 9.93. The Bertz CT molecular complexity index is 943. The van der Waals surface area contributed by atoms with E-state index in [1.165, 1.54) is 23.1 Å². The summed E-state index contributed by atoms with van der Waals surface area (Å²) in [5.41, 5.74) is 3.42. The Morgan fingerprint density at radius 2 is 2.19 bits per heavy atom. The fourth-order valence-corrected chi connectivity index (χ4v) is 4.59. The number of aryl methyl sites for hydroxylation is 1. The normalized spacial score (nSPS) is 16.6. The van der Waals surface area contributed by atoms with E-state index in [9.17, 15) is 14.9 Å². The number of benzene rings is 1. The third-order valence-corrected chi connectivity index (χ3v) is 6.47. The number of carbonyl (C=O) groups excluding carboxylic acids is 2. The van der Waals surface area contributed by atoms with Crippen molar-refractivity contribution in [2.45, 2.75) is 26.2 Å². The van der Waals surface area contributed by atoms with Crippen molar-refractivity contribution in [2.24, 2.45) is 0 Å². The Morgan fingerprint density at radius 1 is 1.37 bits per heavy atom. The SMILES string of the molecule is Cc1cccc(NC(=O)CSC2=C(C#N)[C@@H](c3cccs3)CC(=O)N2)c1C. The molecule has 0 radical (unpaired) electrons. The number of hydrogen-bond acceptors (Lipinski definition) is 5.